The van der Waals surface area contributed by atoms with E-state index in [0.29, 0.717) is 0 Å². The molecule has 4 rings (SSSR count). The summed E-state index contributed by atoms with van der Waals surface area (Å²) in [5.74, 6) is 2.01. The lowest BCUT2D eigenvalue weighted by atomic mass is 9.91. The first-order chi connectivity index (χ1) is 11.3. The maximum atomic E-state index is 6.64. The second-order valence-electron chi connectivity index (χ2n) is 6.65. The van der Waals surface area contributed by atoms with Gasteiger partial charge in [0.25, 0.3) is 0 Å². The Morgan fingerprint density at radius 3 is 2.43 bits per heavy atom. The van der Waals surface area contributed by atoms with E-state index in [0.717, 1.165) is 94.6 Å². The molecule has 1 saturated heterocycles. The minimum absolute atomic E-state index is 0.781. The Balaban J connectivity index is 1.66. The smallest absolute Gasteiger partial charge is 0.141 e. The van der Waals surface area contributed by atoms with E-state index in [1.165, 1.54) is 16.7 Å². The van der Waals surface area contributed by atoms with Crippen molar-refractivity contribution >= 4 is 11.6 Å². The molecular formula is C18H25ClN2O2. The molecule has 0 amide bonds. The van der Waals surface area contributed by atoms with Gasteiger partial charge in [0.1, 0.15) is 11.5 Å². The van der Waals surface area contributed by atoms with Crippen LogP contribution in [0.15, 0.2) is 0 Å². The van der Waals surface area contributed by atoms with Crippen molar-refractivity contribution in [3.8, 4) is 11.5 Å². The number of fused-ring (bicyclic) bond motifs is 2. The number of nitrogens with one attached hydrogen (secondary N) is 1. The molecule has 0 aliphatic carbocycles. The minimum atomic E-state index is 0.781. The van der Waals surface area contributed by atoms with Crippen LogP contribution in [0.2, 0.25) is 5.02 Å². The predicted octanol–water partition coefficient (Wildman–Crippen LogP) is 2.44. The third-order valence-corrected chi connectivity index (χ3v) is 5.57. The summed E-state index contributed by atoms with van der Waals surface area (Å²) in [6, 6.07) is 0. The molecule has 0 spiro atoms. The first-order valence-corrected chi connectivity index (χ1v) is 9.27. The lowest BCUT2D eigenvalue weighted by Gasteiger charge is -2.31. The average Bonchev–Trinajstić information content (AvgIpc) is 2.63. The van der Waals surface area contributed by atoms with E-state index in [4.69, 9.17) is 21.1 Å². The Morgan fingerprint density at radius 2 is 1.65 bits per heavy atom. The Kier molecular flexibility index (Phi) is 4.65. The van der Waals surface area contributed by atoms with Gasteiger partial charge in [0.05, 0.1) is 18.2 Å². The maximum Gasteiger partial charge on any atom is 0.141 e. The van der Waals surface area contributed by atoms with E-state index in [9.17, 15) is 0 Å². The minimum Gasteiger partial charge on any atom is -0.493 e. The zero-order valence-electron chi connectivity index (χ0n) is 13.6. The number of hydrogen-bond donors (Lipinski definition) is 1. The van der Waals surface area contributed by atoms with Gasteiger partial charge in [0, 0.05) is 49.4 Å². The Bertz CT molecular complexity index is 548. The van der Waals surface area contributed by atoms with Crippen LogP contribution in [0.4, 0.5) is 0 Å². The standard InChI is InChI=1S/C18H25ClN2O2/c19-16-15-4-2-11-22-17(15)14(13-3-1-12-23-18(13)16)5-8-21-9-6-20-7-10-21/h20H,1-12H2. The van der Waals surface area contributed by atoms with Crippen molar-refractivity contribution in [2.45, 2.75) is 32.1 Å². The quantitative estimate of drug-likeness (QED) is 0.919. The Labute approximate surface area is 143 Å². The Hall–Kier alpha value is -0.970. The highest BCUT2D eigenvalue weighted by molar-refractivity contribution is 6.33. The lowest BCUT2D eigenvalue weighted by molar-refractivity contribution is 0.238. The van der Waals surface area contributed by atoms with Gasteiger partial charge in [-0.15, -0.1) is 0 Å². The van der Waals surface area contributed by atoms with E-state index in [2.05, 4.69) is 10.2 Å². The van der Waals surface area contributed by atoms with Gasteiger partial charge in [-0.05, 0) is 32.1 Å². The maximum absolute atomic E-state index is 6.64. The van der Waals surface area contributed by atoms with Crippen LogP contribution in [0.3, 0.4) is 0 Å². The van der Waals surface area contributed by atoms with Gasteiger partial charge in [-0.25, -0.2) is 0 Å². The fraction of sp³-hybridized carbons (Fsp3) is 0.667. The number of piperazine rings is 1. The first kappa shape index (κ1) is 15.6. The van der Waals surface area contributed by atoms with Crippen molar-refractivity contribution in [1.29, 1.82) is 0 Å². The van der Waals surface area contributed by atoms with Crippen molar-refractivity contribution in [2.24, 2.45) is 0 Å². The molecule has 23 heavy (non-hydrogen) atoms. The van der Waals surface area contributed by atoms with Crippen molar-refractivity contribution in [3.05, 3.63) is 21.7 Å². The largest absolute Gasteiger partial charge is 0.493 e. The van der Waals surface area contributed by atoms with Crippen LogP contribution in [0.5, 0.6) is 11.5 Å². The van der Waals surface area contributed by atoms with Crippen LogP contribution in [-0.2, 0) is 19.3 Å². The highest BCUT2D eigenvalue weighted by Crippen LogP contribution is 2.46. The molecule has 0 atom stereocenters. The van der Waals surface area contributed by atoms with Crippen molar-refractivity contribution in [1.82, 2.24) is 10.2 Å². The van der Waals surface area contributed by atoms with Crippen molar-refractivity contribution in [3.63, 3.8) is 0 Å². The fourth-order valence-corrected chi connectivity index (χ4v) is 4.30. The Morgan fingerprint density at radius 1 is 0.957 bits per heavy atom. The number of hydrogen-bond acceptors (Lipinski definition) is 4. The summed E-state index contributed by atoms with van der Waals surface area (Å²) in [4.78, 5) is 2.54. The van der Waals surface area contributed by atoms with Crippen LogP contribution >= 0.6 is 11.6 Å². The summed E-state index contributed by atoms with van der Waals surface area (Å²) in [6.07, 6.45) is 5.21. The molecule has 3 heterocycles. The van der Waals surface area contributed by atoms with Crippen LogP contribution in [0.1, 0.15) is 29.5 Å². The molecule has 1 N–H and O–H groups in total. The molecule has 0 unspecified atom stereocenters. The van der Waals surface area contributed by atoms with Gasteiger partial charge >= 0.3 is 0 Å². The van der Waals surface area contributed by atoms with Gasteiger partial charge in [0.15, 0.2) is 0 Å². The molecule has 0 saturated carbocycles. The summed E-state index contributed by atoms with van der Waals surface area (Å²) in [7, 11) is 0. The molecule has 3 aliphatic rings. The van der Waals surface area contributed by atoms with Gasteiger partial charge in [-0.1, -0.05) is 11.6 Å². The predicted molar refractivity (Wildman–Crippen MR) is 92.1 cm³/mol. The van der Waals surface area contributed by atoms with E-state index in [1.54, 1.807) is 0 Å². The monoisotopic (exact) mass is 336 g/mol. The van der Waals surface area contributed by atoms with E-state index >= 15 is 0 Å². The third kappa shape index (κ3) is 3.04. The molecular weight excluding hydrogens is 312 g/mol. The normalized spacial score (nSPS) is 21.1. The number of ether oxygens (including phenoxy) is 2. The molecule has 126 valence electrons. The number of nitrogens with zero attached hydrogens (tertiary/aromatic N) is 1. The van der Waals surface area contributed by atoms with Crippen LogP contribution in [0.25, 0.3) is 0 Å². The van der Waals surface area contributed by atoms with Crippen molar-refractivity contribution < 1.29 is 9.47 Å². The number of benzene rings is 1. The van der Waals surface area contributed by atoms with Gasteiger partial charge < -0.3 is 19.7 Å². The average molecular weight is 337 g/mol. The first-order valence-electron chi connectivity index (χ1n) is 8.89. The van der Waals surface area contributed by atoms with Crippen molar-refractivity contribution in [2.75, 3.05) is 45.9 Å². The molecule has 1 aromatic carbocycles. The van der Waals surface area contributed by atoms with Crippen LogP contribution in [0, 0.1) is 0 Å². The molecule has 0 aromatic heterocycles. The fourth-order valence-electron chi connectivity index (χ4n) is 3.95. The molecule has 1 aromatic rings. The number of rotatable bonds is 3. The summed E-state index contributed by atoms with van der Waals surface area (Å²) in [5, 5.41) is 4.22. The third-order valence-electron chi connectivity index (χ3n) is 5.17. The second-order valence-corrected chi connectivity index (χ2v) is 7.03. The van der Waals surface area contributed by atoms with Gasteiger partial charge in [0.2, 0.25) is 0 Å². The van der Waals surface area contributed by atoms with E-state index < -0.39 is 0 Å². The zero-order valence-corrected chi connectivity index (χ0v) is 14.4. The van der Waals surface area contributed by atoms with Gasteiger partial charge in [-0.2, -0.15) is 0 Å². The summed E-state index contributed by atoms with van der Waals surface area (Å²) >= 11 is 6.64. The van der Waals surface area contributed by atoms with Crippen LogP contribution in [-0.4, -0.2) is 50.8 Å². The van der Waals surface area contributed by atoms with Gasteiger partial charge in [-0.3, -0.25) is 0 Å². The SMILES string of the molecule is Clc1c2c(c(CCN3CCNCC3)c3c1OCCC3)OCCC2. The lowest BCUT2D eigenvalue weighted by Crippen LogP contribution is -2.44. The zero-order chi connectivity index (χ0) is 15.6. The molecule has 1 fully saturated rings. The summed E-state index contributed by atoms with van der Waals surface area (Å²) < 4.78 is 12.0. The van der Waals surface area contributed by atoms with E-state index in [-0.39, 0.29) is 0 Å². The summed E-state index contributed by atoms with van der Waals surface area (Å²) in [6.45, 7) is 7.14. The van der Waals surface area contributed by atoms with Crippen LogP contribution < -0.4 is 14.8 Å². The molecule has 3 aliphatic heterocycles. The topological polar surface area (TPSA) is 33.7 Å². The molecule has 0 radical (unpaired) electrons. The molecule has 5 heteroatoms. The number of halogens is 1. The highest BCUT2D eigenvalue weighted by atomic mass is 35.5. The second kappa shape index (κ2) is 6.88. The summed E-state index contributed by atoms with van der Waals surface area (Å²) in [5.41, 5.74) is 3.84. The molecule has 0 bridgehead atoms. The molecule has 4 nitrogen and oxygen atoms in total. The van der Waals surface area contributed by atoms with E-state index in [1.807, 2.05) is 0 Å². The highest BCUT2D eigenvalue weighted by Gasteiger charge is 2.28.